The van der Waals surface area contributed by atoms with Gasteiger partial charge in [0, 0.05) is 24.8 Å². The number of nitrogens with one attached hydrogen (secondary N) is 1. The predicted molar refractivity (Wildman–Crippen MR) is 113 cm³/mol. The van der Waals surface area contributed by atoms with Crippen LogP contribution in [0.25, 0.3) is 0 Å². The lowest BCUT2D eigenvalue weighted by Crippen LogP contribution is -2.58. The minimum absolute atomic E-state index is 0.322. The van der Waals surface area contributed by atoms with Crippen molar-refractivity contribution in [3.63, 3.8) is 0 Å². The number of piperidine rings is 1. The molecule has 142 valence electrons. The second kappa shape index (κ2) is 6.67. The highest BCUT2D eigenvalue weighted by Crippen LogP contribution is 2.49. The first-order chi connectivity index (χ1) is 13.1. The fourth-order valence-corrected chi connectivity index (χ4v) is 5.48. The molecule has 3 atom stereocenters. The van der Waals surface area contributed by atoms with E-state index in [0.29, 0.717) is 5.41 Å². The second-order valence-electron chi connectivity index (χ2n) is 9.38. The summed E-state index contributed by atoms with van der Waals surface area (Å²) in [5, 5.41) is 3.65. The highest BCUT2D eigenvalue weighted by atomic mass is 15.2. The molecule has 2 bridgehead atoms. The zero-order chi connectivity index (χ0) is 18.4. The van der Waals surface area contributed by atoms with Gasteiger partial charge in [-0.2, -0.15) is 0 Å². The minimum Gasteiger partial charge on any atom is -0.381 e. The Morgan fingerprint density at radius 1 is 1.11 bits per heavy atom. The van der Waals surface area contributed by atoms with Crippen LogP contribution in [0.1, 0.15) is 49.8 Å². The fraction of sp³-hybridized carbons (Fsp3) is 0.520. The van der Waals surface area contributed by atoms with Crippen LogP contribution in [0.5, 0.6) is 0 Å². The Hall–Kier alpha value is -1.80. The molecule has 5 rings (SSSR count). The molecule has 0 aromatic heterocycles. The standard InChI is InChI=1S/C25H32N2/c1-18-24-14-21-10-11-22(26-16-19-6-4-3-5-7-19)15-23(21)25(18,2)12-13-27(24)17-20-8-9-20/h3-7,10-11,15,18,20,24,26H,8-9,12-14,16-17H2,1-2H3/t18-,24+,25+/m1/s1. The van der Waals surface area contributed by atoms with Gasteiger partial charge in [-0.3, -0.25) is 4.90 Å². The molecule has 0 amide bonds. The van der Waals surface area contributed by atoms with Crippen LogP contribution in [0.3, 0.4) is 0 Å². The van der Waals surface area contributed by atoms with Crippen molar-refractivity contribution in [2.45, 2.75) is 57.5 Å². The first-order valence-corrected chi connectivity index (χ1v) is 10.8. The Labute approximate surface area is 164 Å². The van der Waals surface area contributed by atoms with Crippen LogP contribution in [-0.4, -0.2) is 24.0 Å². The average molecular weight is 361 g/mol. The van der Waals surface area contributed by atoms with E-state index in [4.69, 9.17) is 0 Å². The summed E-state index contributed by atoms with van der Waals surface area (Å²) in [4.78, 5) is 2.83. The van der Waals surface area contributed by atoms with E-state index >= 15 is 0 Å². The van der Waals surface area contributed by atoms with Crippen molar-refractivity contribution in [2.24, 2.45) is 11.8 Å². The summed E-state index contributed by atoms with van der Waals surface area (Å²) in [6.45, 7) is 8.55. The summed E-state index contributed by atoms with van der Waals surface area (Å²) in [5.41, 5.74) is 6.12. The maximum Gasteiger partial charge on any atom is 0.0400 e. The largest absolute Gasteiger partial charge is 0.381 e. The zero-order valence-corrected chi connectivity index (χ0v) is 16.7. The van der Waals surface area contributed by atoms with E-state index in [-0.39, 0.29) is 0 Å². The van der Waals surface area contributed by atoms with E-state index in [1.165, 1.54) is 50.0 Å². The predicted octanol–water partition coefficient (Wildman–Crippen LogP) is 5.23. The highest BCUT2D eigenvalue weighted by Gasteiger charge is 2.48. The Balaban J connectivity index is 1.38. The molecule has 2 nitrogen and oxygen atoms in total. The van der Waals surface area contributed by atoms with Gasteiger partial charge in [0.05, 0.1) is 0 Å². The smallest absolute Gasteiger partial charge is 0.0400 e. The third-order valence-corrected chi connectivity index (χ3v) is 7.65. The van der Waals surface area contributed by atoms with Crippen molar-refractivity contribution in [3.8, 4) is 0 Å². The summed E-state index contributed by atoms with van der Waals surface area (Å²) in [6, 6.07) is 18.6. The second-order valence-corrected chi connectivity index (χ2v) is 9.38. The van der Waals surface area contributed by atoms with Crippen molar-refractivity contribution >= 4 is 5.69 Å². The minimum atomic E-state index is 0.322. The van der Waals surface area contributed by atoms with E-state index in [2.05, 4.69) is 72.6 Å². The molecule has 3 aliphatic rings. The van der Waals surface area contributed by atoms with E-state index in [1.807, 2.05) is 0 Å². The molecule has 1 N–H and O–H groups in total. The molecule has 2 heteroatoms. The van der Waals surface area contributed by atoms with Crippen LogP contribution < -0.4 is 5.32 Å². The quantitative estimate of drug-likeness (QED) is 0.785. The molecule has 1 saturated carbocycles. The number of benzene rings is 2. The average Bonchev–Trinajstić information content (AvgIpc) is 3.50. The molecule has 2 aromatic rings. The van der Waals surface area contributed by atoms with Gasteiger partial charge >= 0.3 is 0 Å². The van der Waals surface area contributed by atoms with Crippen molar-refractivity contribution in [1.82, 2.24) is 4.90 Å². The van der Waals surface area contributed by atoms with E-state index in [9.17, 15) is 0 Å². The Morgan fingerprint density at radius 2 is 1.93 bits per heavy atom. The highest BCUT2D eigenvalue weighted by molar-refractivity contribution is 5.53. The number of nitrogens with zero attached hydrogens (tertiary/aromatic N) is 1. The van der Waals surface area contributed by atoms with Crippen LogP contribution in [0.15, 0.2) is 48.5 Å². The molecule has 2 aliphatic carbocycles. The number of rotatable bonds is 5. The van der Waals surface area contributed by atoms with E-state index in [0.717, 1.165) is 24.4 Å². The number of anilines is 1. The van der Waals surface area contributed by atoms with Gasteiger partial charge in [0.25, 0.3) is 0 Å². The molecule has 1 saturated heterocycles. The third kappa shape index (κ3) is 3.18. The van der Waals surface area contributed by atoms with E-state index < -0.39 is 0 Å². The maximum absolute atomic E-state index is 3.65. The number of hydrogen-bond donors (Lipinski definition) is 1. The van der Waals surface area contributed by atoms with Crippen molar-refractivity contribution in [1.29, 1.82) is 0 Å². The van der Waals surface area contributed by atoms with Crippen LogP contribution in [0.4, 0.5) is 5.69 Å². The molecule has 1 heterocycles. The molecule has 0 radical (unpaired) electrons. The molecular formula is C25H32N2. The monoisotopic (exact) mass is 360 g/mol. The summed E-state index contributed by atoms with van der Waals surface area (Å²) < 4.78 is 0. The van der Waals surface area contributed by atoms with Gasteiger partial charge in [-0.1, -0.05) is 50.2 Å². The molecular weight excluding hydrogens is 328 g/mol. The molecule has 27 heavy (non-hydrogen) atoms. The van der Waals surface area contributed by atoms with Crippen molar-refractivity contribution in [3.05, 3.63) is 65.2 Å². The van der Waals surface area contributed by atoms with Gasteiger partial charge < -0.3 is 5.32 Å². The van der Waals surface area contributed by atoms with Crippen LogP contribution >= 0.6 is 0 Å². The molecule has 2 aromatic carbocycles. The Bertz CT molecular complexity index is 810. The van der Waals surface area contributed by atoms with Gasteiger partial charge in [0.15, 0.2) is 0 Å². The lowest BCUT2D eigenvalue weighted by molar-refractivity contribution is 0.0284. The van der Waals surface area contributed by atoms with Crippen LogP contribution in [0, 0.1) is 11.8 Å². The normalized spacial score (nSPS) is 30.0. The molecule has 0 unspecified atom stereocenters. The maximum atomic E-state index is 3.65. The molecule has 2 fully saturated rings. The third-order valence-electron chi connectivity index (χ3n) is 7.65. The van der Waals surface area contributed by atoms with Crippen LogP contribution in [0.2, 0.25) is 0 Å². The number of hydrogen-bond acceptors (Lipinski definition) is 2. The molecule has 0 spiro atoms. The van der Waals surface area contributed by atoms with Crippen LogP contribution in [-0.2, 0) is 18.4 Å². The van der Waals surface area contributed by atoms with Crippen molar-refractivity contribution in [2.75, 3.05) is 18.4 Å². The number of likely N-dealkylation sites (tertiary alicyclic amines) is 1. The van der Waals surface area contributed by atoms with Gasteiger partial charge in [-0.15, -0.1) is 0 Å². The summed E-state index contributed by atoms with van der Waals surface area (Å²) >= 11 is 0. The van der Waals surface area contributed by atoms with Gasteiger partial charge in [-0.05, 0) is 78.3 Å². The molecule has 1 aliphatic heterocycles. The summed E-state index contributed by atoms with van der Waals surface area (Å²) in [6.07, 6.45) is 5.45. The first-order valence-electron chi connectivity index (χ1n) is 10.8. The Morgan fingerprint density at radius 3 is 2.70 bits per heavy atom. The lowest BCUT2D eigenvalue weighted by Gasteiger charge is -2.55. The fourth-order valence-electron chi connectivity index (χ4n) is 5.48. The van der Waals surface area contributed by atoms with Gasteiger partial charge in [0.1, 0.15) is 0 Å². The van der Waals surface area contributed by atoms with Crippen molar-refractivity contribution < 1.29 is 0 Å². The lowest BCUT2D eigenvalue weighted by atomic mass is 9.59. The summed E-state index contributed by atoms with van der Waals surface area (Å²) in [7, 11) is 0. The SMILES string of the molecule is C[C@@H]1[C@@H]2Cc3ccc(NCc4ccccc4)cc3[C@@]1(C)CCN2CC1CC1. The first kappa shape index (κ1) is 17.3. The van der Waals surface area contributed by atoms with Gasteiger partial charge in [0.2, 0.25) is 0 Å². The summed E-state index contributed by atoms with van der Waals surface area (Å²) in [5.74, 6) is 1.73. The topological polar surface area (TPSA) is 15.3 Å². The zero-order valence-electron chi connectivity index (χ0n) is 16.7. The number of fused-ring (bicyclic) bond motifs is 4. The van der Waals surface area contributed by atoms with Gasteiger partial charge in [-0.25, -0.2) is 0 Å². The Kier molecular flexibility index (Phi) is 4.27. The van der Waals surface area contributed by atoms with E-state index in [1.54, 1.807) is 11.1 Å².